The van der Waals surface area contributed by atoms with Gasteiger partial charge >= 0.3 is 0 Å². The summed E-state index contributed by atoms with van der Waals surface area (Å²) < 4.78 is 5.77. The van der Waals surface area contributed by atoms with Gasteiger partial charge in [0, 0.05) is 18.2 Å². The predicted molar refractivity (Wildman–Crippen MR) is 65.3 cm³/mol. The third kappa shape index (κ3) is 2.09. The lowest BCUT2D eigenvalue weighted by Crippen LogP contribution is -2.22. The monoisotopic (exact) mass is 229 g/mol. The zero-order valence-corrected chi connectivity index (χ0v) is 9.47. The van der Waals surface area contributed by atoms with Crippen LogP contribution in [0, 0.1) is 0 Å². The van der Waals surface area contributed by atoms with Crippen LogP contribution in [-0.2, 0) is 0 Å². The summed E-state index contributed by atoms with van der Waals surface area (Å²) >= 11 is 0. The molecule has 3 rings (SSSR count). The molecule has 4 heteroatoms. The Morgan fingerprint density at radius 2 is 2.12 bits per heavy atom. The van der Waals surface area contributed by atoms with Crippen molar-refractivity contribution in [2.24, 2.45) is 5.73 Å². The van der Waals surface area contributed by atoms with Crippen molar-refractivity contribution in [2.45, 2.75) is 18.5 Å². The minimum Gasteiger partial charge on any atom is -0.439 e. The summed E-state index contributed by atoms with van der Waals surface area (Å²) in [6, 6.07) is 10.3. The van der Waals surface area contributed by atoms with Crippen LogP contribution in [0.4, 0.5) is 0 Å². The fraction of sp³-hybridized carbons (Fsp3) is 0.308. The van der Waals surface area contributed by atoms with Gasteiger partial charge in [0.15, 0.2) is 5.76 Å². The zero-order chi connectivity index (χ0) is 11.7. The summed E-state index contributed by atoms with van der Waals surface area (Å²) in [5, 5.41) is 3.31. The molecule has 1 saturated heterocycles. The molecule has 0 radical (unpaired) electrons. The first kappa shape index (κ1) is 10.5. The molecule has 0 spiro atoms. The van der Waals surface area contributed by atoms with Crippen LogP contribution in [0.1, 0.15) is 18.4 Å². The predicted octanol–water partition coefficient (Wildman–Crippen LogP) is 1.70. The summed E-state index contributed by atoms with van der Waals surface area (Å²) in [7, 11) is 0. The molecular weight excluding hydrogens is 214 g/mol. The van der Waals surface area contributed by atoms with Crippen molar-refractivity contribution in [3.63, 3.8) is 0 Å². The lowest BCUT2D eigenvalue weighted by molar-refractivity contribution is 0.435. The molecule has 1 aromatic heterocycles. The molecule has 1 aliphatic rings. The summed E-state index contributed by atoms with van der Waals surface area (Å²) in [6.07, 6.45) is 2.66. The van der Waals surface area contributed by atoms with Gasteiger partial charge in [-0.1, -0.05) is 30.3 Å². The van der Waals surface area contributed by atoms with Crippen molar-refractivity contribution >= 4 is 0 Å². The van der Waals surface area contributed by atoms with Crippen LogP contribution in [0.15, 0.2) is 40.9 Å². The standard InChI is InChI=1S/C13H15N3O/c14-10-6-11(15-7-10)13-16-8-12(17-13)9-4-2-1-3-5-9/h1-5,8,10-11,15H,6-7,14H2/t10-,11-/m0/s1. The fourth-order valence-corrected chi connectivity index (χ4v) is 2.14. The Morgan fingerprint density at radius 1 is 1.29 bits per heavy atom. The Kier molecular flexibility index (Phi) is 2.66. The first-order valence-electron chi connectivity index (χ1n) is 5.83. The molecule has 1 aliphatic heterocycles. The second kappa shape index (κ2) is 4.31. The van der Waals surface area contributed by atoms with Crippen molar-refractivity contribution in [1.29, 1.82) is 0 Å². The maximum Gasteiger partial charge on any atom is 0.212 e. The van der Waals surface area contributed by atoms with E-state index in [1.807, 2.05) is 30.3 Å². The van der Waals surface area contributed by atoms with Gasteiger partial charge in [-0.05, 0) is 6.42 Å². The molecule has 0 unspecified atom stereocenters. The van der Waals surface area contributed by atoms with E-state index in [1.54, 1.807) is 6.20 Å². The molecule has 0 aliphatic carbocycles. The smallest absolute Gasteiger partial charge is 0.212 e. The van der Waals surface area contributed by atoms with Gasteiger partial charge < -0.3 is 15.5 Å². The molecule has 0 amide bonds. The lowest BCUT2D eigenvalue weighted by Gasteiger charge is -2.03. The van der Waals surface area contributed by atoms with Crippen LogP contribution in [0.2, 0.25) is 0 Å². The van der Waals surface area contributed by atoms with Gasteiger partial charge in [-0.2, -0.15) is 0 Å². The number of nitrogens with one attached hydrogen (secondary N) is 1. The van der Waals surface area contributed by atoms with Gasteiger partial charge in [0.1, 0.15) is 0 Å². The zero-order valence-electron chi connectivity index (χ0n) is 9.47. The average Bonchev–Trinajstić information content (AvgIpc) is 2.98. The molecule has 2 heterocycles. The number of benzene rings is 1. The first-order chi connectivity index (χ1) is 8.33. The SMILES string of the molecule is N[C@@H]1CN[C@H](c2ncc(-c3ccccc3)o2)C1. The minimum absolute atomic E-state index is 0.155. The van der Waals surface area contributed by atoms with Crippen LogP contribution >= 0.6 is 0 Å². The summed E-state index contributed by atoms with van der Waals surface area (Å²) in [5.74, 6) is 1.54. The van der Waals surface area contributed by atoms with Crippen molar-refractivity contribution in [3.05, 3.63) is 42.4 Å². The second-order valence-corrected chi connectivity index (χ2v) is 4.39. The molecule has 1 fully saturated rings. The first-order valence-corrected chi connectivity index (χ1v) is 5.83. The molecule has 1 aromatic carbocycles. The number of hydrogen-bond donors (Lipinski definition) is 2. The Morgan fingerprint density at radius 3 is 2.82 bits per heavy atom. The Bertz CT molecular complexity index is 494. The van der Waals surface area contributed by atoms with Gasteiger partial charge in [-0.3, -0.25) is 0 Å². The number of nitrogens with zero attached hydrogens (tertiary/aromatic N) is 1. The summed E-state index contributed by atoms with van der Waals surface area (Å²) in [5.41, 5.74) is 6.90. The van der Waals surface area contributed by atoms with Crippen LogP contribution in [0.25, 0.3) is 11.3 Å². The third-order valence-corrected chi connectivity index (χ3v) is 3.04. The van der Waals surface area contributed by atoms with E-state index >= 15 is 0 Å². The number of hydrogen-bond acceptors (Lipinski definition) is 4. The second-order valence-electron chi connectivity index (χ2n) is 4.39. The topological polar surface area (TPSA) is 64.1 Å². The van der Waals surface area contributed by atoms with E-state index in [4.69, 9.17) is 10.2 Å². The summed E-state index contributed by atoms with van der Waals surface area (Å²) in [6.45, 7) is 0.827. The fourth-order valence-electron chi connectivity index (χ4n) is 2.14. The highest BCUT2D eigenvalue weighted by atomic mass is 16.4. The van der Waals surface area contributed by atoms with Gasteiger partial charge in [-0.25, -0.2) is 4.98 Å². The van der Waals surface area contributed by atoms with E-state index in [2.05, 4.69) is 10.3 Å². The number of oxazole rings is 1. The van der Waals surface area contributed by atoms with Crippen molar-refractivity contribution in [3.8, 4) is 11.3 Å². The average molecular weight is 229 g/mol. The normalized spacial score (nSPS) is 24.1. The molecule has 17 heavy (non-hydrogen) atoms. The molecular formula is C13H15N3O. The van der Waals surface area contributed by atoms with E-state index in [0.29, 0.717) is 0 Å². The number of rotatable bonds is 2. The van der Waals surface area contributed by atoms with Crippen LogP contribution in [0.5, 0.6) is 0 Å². The van der Waals surface area contributed by atoms with E-state index in [1.165, 1.54) is 0 Å². The maximum absolute atomic E-state index is 5.85. The Balaban J connectivity index is 1.84. The molecule has 0 bridgehead atoms. The highest BCUT2D eigenvalue weighted by Crippen LogP contribution is 2.26. The minimum atomic E-state index is 0.155. The van der Waals surface area contributed by atoms with Gasteiger partial charge in [0.05, 0.1) is 12.2 Å². The summed E-state index contributed by atoms with van der Waals surface area (Å²) in [4.78, 5) is 4.32. The molecule has 4 nitrogen and oxygen atoms in total. The molecule has 88 valence electrons. The maximum atomic E-state index is 5.85. The molecule has 2 aromatic rings. The Labute approximate surface area is 99.8 Å². The van der Waals surface area contributed by atoms with Crippen molar-refractivity contribution in [1.82, 2.24) is 10.3 Å². The van der Waals surface area contributed by atoms with Crippen molar-refractivity contribution < 1.29 is 4.42 Å². The number of aromatic nitrogens is 1. The molecule has 2 atom stereocenters. The van der Waals surface area contributed by atoms with E-state index in [-0.39, 0.29) is 12.1 Å². The van der Waals surface area contributed by atoms with Gasteiger partial charge in [0.25, 0.3) is 0 Å². The highest BCUT2D eigenvalue weighted by molar-refractivity contribution is 5.55. The lowest BCUT2D eigenvalue weighted by atomic mass is 10.2. The van der Waals surface area contributed by atoms with Crippen LogP contribution < -0.4 is 11.1 Å². The van der Waals surface area contributed by atoms with Gasteiger partial charge in [-0.15, -0.1) is 0 Å². The quantitative estimate of drug-likeness (QED) is 0.822. The van der Waals surface area contributed by atoms with Gasteiger partial charge in [0.2, 0.25) is 5.89 Å². The molecule has 3 N–H and O–H groups in total. The third-order valence-electron chi connectivity index (χ3n) is 3.04. The highest BCUT2D eigenvalue weighted by Gasteiger charge is 2.26. The van der Waals surface area contributed by atoms with E-state index in [0.717, 1.165) is 30.2 Å². The largest absolute Gasteiger partial charge is 0.439 e. The van der Waals surface area contributed by atoms with Crippen LogP contribution in [0.3, 0.4) is 0 Å². The van der Waals surface area contributed by atoms with E-state index in [9.17, 15) is 0 Å². The van der Waals surface area contributed by atoms with E-state index < -0.39 is 0 Å². The molecule has 0 saturated carbocycles. The van der Waals surface area contributed by atoms with Crippen molar-refractivity contribution in [2.75, 3.05) is 6.54 Å². The van der Waals surface area contributed by atoms with Crippen LogP contribution in [-0.4, -0.2) is 17.6 Å². The number of nitrogens with two attached hydrogens (primary N) is 1. The Hall–Kier alpha value is -1.65.